The molecule has 1 heterocycles. The van der Waals surface area contributed by atoms with Gasteiger partial charge in [-0.15, -0.1) is 0 Å². The molecule has 0 aliphatic carbocycles. The Bertz CT molecular complexity index is 1110. The quantitative estimate of drug-likeness (QED) is 0.638. The van der Waals surface area contributed by atoms with Crippen LogP contribution in [0.3, 0.4) is 0 Å². The van der Waals surface area contributed by atoms with Crippen molar-refractivity contribution in [3.63, 3.8) is 0 Å². The van der Waals surface area contributed by atoms with Crippen LogP contribution in [0.5, 0.6) is 0 Å². The Morgan fingerprint density at radius 1 is 1.03 bits per heavy atom. The highest BCUT2D eigenvalue weighted by Crippen LogP contribution is 2.26. The maximum Gasteiger partial charge on any atom is 0.243 e. The fourth-order valence-electron chi connectivity index (χ4n) is 3.65. The van der Waals surface area contributed by atoms with Crippen LogP contribution in [-0.2, 0) is 26.0 Å². The number of piperidine rings is 1. The van der Waals surface area contributed by atoms with Crippen molar-refractivity contribution < 1.29 is 26.8 Å². The molecule has 33 heavy (non-hydrogen) atoms. The lowest BCUT2D eigenvalue weighted by Crippen LogP contribution is -2.41. The molecular weight excluding hydrogens is 452 g/mol. The van der Waals surface area contributed by atoms with Crippen LogP contribution < -0.4 is 10.6 Å². The molecule has 178 valence electrons. The largest absolute Gasteiger partial charge is 0.354 e. The van der Waals surface area contributed by atoms with E-state index in [0.29, 0.717) is 24.6 Å². The topological polar surface area (TPSA) is 95.6 Å². The number of sulfonamides is 1. The summed E-state index contributed by atoms with van der Waals surface area (Å²) in [6.07, 6.45) is 0.863. The third-order valence-corrected chi connectivity index (χ3v) is 7.28. The Hall–Kier alpha value is -2.85. The molecular formula is C23H27F2N3O4S. The monoisotopic (exact) mass is 479 g/mol. The number of nitrogens with one attached hydrogen (secondary N) is 2. The van der Waals surface area contributed by atoms with Crippen molar-refractivity contribution in [3.8, 4) is 0 Å². The molecule has 0 radical (unpaired) electrons. The Morgan fingerprint density at radius 2 is 1.67 bits per heavy atom. The van der Waals surface area contributed by atoms with Gasteiger partial charge in [-0.25, -0.2) is 17.2 Å². The van der Waals surface area contributed by atoms with Gasteiger partial charge in [0, 0.05) is 30.7 Å². The molecule has 1 aliphatic heterocycles. The number of hydrogen-bond donors (Lipinski definition) is 2. The summed E-state index contributed by atoms with van der Waals surface area (Å²) in [5, 5.41) is 5.64. The first kappa shape index (κ1) is 24.8. The van der Waals surface area contributed by atoms with E-state index in [1.807, 2.05) is 13.8 Å². The van der Waals surface area contributed by atoms with Crippen molar-refractivity contribution in [1.82, 2.24) is 9.62 Å². The normalized spacial score (nSPS) is 15.4. The van der Waals surface area contributed by atoms with E-state index in [1.165, 1.54) is 4.31 Å². The molecule has 0 bridgehead atoms. The minimum Gasteiger partial charge on any atom is -0.354 e. The SMILES string of the molecule is CC(C)NC(=O)Cc1ccc(NC(=O)C2CCN(S(=O)(=O)c3ccc(F)c(F)c3)CC2)cc1. The van der Waals surface area contributed by atoms with Gasteiger partial charge in [-0.2, -0.15) is 4.31 Å². The number of anilines is 1. The molecule has 7 nitrogen and oxygen atoms in total. The lowest BCUT2D eigenvalue weighted by atomic mass is 9.97. The van der Waals surface area contributed by atoms with Crippen molar-refractivity contribution in [1.29, 1.82) is 0 Å². The zero-order chi connectivity index (χ0) is 24.2. The Morgan fingerprint density at radius 3 is 2.24 bits per heavy atom. The summed E-state index contributed by atoms with van der Waals surface area (Å²) in [5.74, 6) is -3.01. The molecule has 2 amide bonds. The second kappa shape index (κ2) is 10.4. The van der Waals surface area contributed by atoms with E-state index in [2.05, 4.69) is 10.6 Å². The summed E-state index contributed by atoms with van der Waals surface area (Å²) >= 11 is 0. The van der Waals surface area contributed by atoms with Crippen LogP contribution in [0, 0.1) is 17.6 Å². The molecule has 0 unspecified atom stereocenters. The van der Waals surface area contributed by atoms with Crippen molar-refractivity contribution in [3.05, 3.63) is 59.7 Å². The molecule has 10 heteroatoms. The third-order valence-electron chi connectivity index (χ3n) is 5.39. The number of carbonyl (C=O) groups is 2. The lowest BCUT2D eigenvalue weighted by Gasteiger charge is -2.30. The van der Waals surface area contributed by atoms with Crippen molar-refractivity contribution in [2.24, 2.45) is 5.92 Å². The van der Waals surface area contributed by atoms with Crippen LogP contribution in [-0.4, -0.2) is 43.7 Å². The lowest BCUT2D eigenvalue weighted by molar-refractivity contribution is -0.121. The third kappa shape index (κ3) is 6.35. The zero-order valence-corrected chi connectivity index (χ0v) is 19.3. The maximum absolute atomic E-state index is 13.5. The van der Waals surface area contributed by atoms with Gasteiger partial charge < -0.3 is 10.6 Å². The molecule has 1 fully saturated rings. The summed E-state index contributed by atoms with van der Waals surface area (Å²) in [4.78, 5) is 24.2. The average Bonchev–Trinajstić information content (AvgIpc) is 2.76. The fraction of sp³-hybridized carbons (Fsp3) is 0.391. The predicted octanol–water partition coefficient (Wildman–Crippen LogP) is 3.07. The summed E-state index contributed by atoms with van der Waals surface area (Å²) in [7, 11) is -3.97. The van der Waals surface area contributed by atoms with Gasteiger partial charge in [0.05, 0.1) is 11.3 Å². The molecule has 0 spiro atoms. The molecule has 2 aromatic rings. The molecule has 3 rings (SSSR count). The van der Waals surface area contributed by atoms with Gasteiger partial charge in [0.2, 0.25) is 21.8 Å². The molecule has 2 N–H and O–H groups in total. The molecule has 0 aromatic heterocycles. The van der Waals surface area contributed by atoms with Crippen LogP contribution in [0.4, 0.5) is 14.5 Å². The number of amides is 2. The Balaban J connectivity index is 1.54. The Kier molecular flexibility index (Phi) is 7.80. The first-order valence-electron chi connectivity index (χ1n) is 10.7. The number of carbonyl (C=O) groups excluding carboxylic acids is 2. The van der Waals surface area contributed by atoms with Crippen LogP contribution in [0.25, 0.3) is 0 Å². The smallest absolute Gasteiger partial charge is 0.243 e. The summed E-state index contributed by atoms with van der Waals surface area (Å²) in [6.45, 7) is 3.98. The highest BCUT2D eigenvalue weighted by atomic mass is 32.2. The second-order valence-electron chi connectivity index (χ2n) is 8.34. The van der Waals surface area contributed by atoms with Crippen LogP contribution in [0.2, 0.25) is 0 Å². The molecule has 0 atom stereocenters. The van der Waals surface area contributed by atoms with Gasteiger partial charge in [0.15, 0.2) is 11.6 Å². The van der Waals surface area contributed by atoms with E-state index in [1.54, 1.807) is 24.3 Å². The number of rotatable bonds is 7. The second-order valence-corrected chi connectivity index (χ2v) is 10.3. The first-order valence-corrected chi connectivity index (χ1v) is 12.1. The van der Waals surface area contributed by atoms with Crippen LogP contribution in [0.1, 0.15) is 32.3 Å². The molecule has 1 saturated heterocycles. The van der Waals surface area contributed by atoms with Crippen molar-refractivity contribution in [2.75, 3.05) is 18.4 Å². The van der Waals surface area contributed by atoms with E-state index in [4.69, 9.17) is 0 Å². The van der Waals surface area contributed by atoms with E-state index >= 15 is 0 Å². The van der Waals surface area contributed by atoms with E-state index in [-0.39, 0.29) is 48.2 Å². The van der Waals surface area contributed by atoms with E-state index in [9.17, 15) is 26.8 Å². The molecule has 0 saturated carbocycles. The summed E-state index contributed by atoms with van der Waals surface area (Å²) < 4.78 is 53.2. The fourth-order valence-corrected chi connectivity index (χ4v) is 5.14. The Labute approximate surface area is 192 Å². The van der Waals surface area contributed by atoms with Gasteiger partial charge in [-0.05, 0) is 62.6 Å². The molecule has 2 aromatic carbocycles. The minimum atomic E-state index is -3.97. The van der Waals surface area contributed by atoms with Gasteiger partial charge >= 0.3 is 0 Å². The van der Waals surface area contributed by atoms with Gasteiger partial charge in [-0.3, -0.25) is 9.59 Å². The van der Waals surface area contributed by atoms with Crippen LogP contribution >= 0.6 is 0 Å². The van der Waals surface area contributed by atoms with Gasteiger partial charge in [-0.1, -0.05) is 12.1 Å². The summed E-state index contributed by atoms with van der Waals surface area (Å²) in [5.41, 5.74) is 1.41. The van der Waals surface area contributed by atoms with Gasteiger partial charge in [0.25, 0.3) is 0 Å². The van der Waals surface area contributed by atoms with E-state index < -0.39 is 21.7 Å². The van der Waals surface area contributed by atoms with Crippen LogP contribution in [0.15, 0.2) is 47.4 Å². The molecule has 1 aliphatic rings. The predicted molar refractivity (Wildman–Crippen MR) is 120 cm³/mol. The highest BCUT2D eigenvalue weighted by molar-refractivity contribution is 7.89. The maximum atomic E-state index is 13.5. The van der Waals surface area contributed by atoms with Gasteiger partial charge in [0.1, 0.15) is 0 Å². The number of benzene rings is 2. The zero-order valence-electron chi connectivity index (χ0n) is 18.5. The number of nitrogens with zero attached hydrogens (tertiary/aromatic N) is 1. The van der Waals surface area contributed by atoms with Crippen molar-refractivity contribution in [2.45, 2.75) is 44.0 Å². The number of hydrogen-bond acceptors (Lipinski definition) is 4. The van der Waals surface area contributed by atoms with E-state index in [0.717, 1.165) is 17.7 Å². The average molecular weight is 480 g/mol. The number of halogens is 2. The highest BCUT2D eigenvalue weighted by Gasteiger charge is 2.32. The standard InChI is InChI=1S/C23H27F2N3O4S/c1-15(2)26-22(29)13-16-3-5-18(6-4-16)27-23(30)17-9-11-28(12-10-17)33(31,32)19-7-8-20(24)21(25)14-19/h3-8,14-15,17H,9-13H2,1-2H3,(H,26,29)(H,27,30). The first-order chi connectivity index (χ1) is 15.6. The van der Waals surface area contributed by atoms with Crippen molar-refractivity contribution >= 4 is 27.5 Å². The summed E-state index contributed by atoms with van der Waals surface area (Å²) in [6, 6.07) is 9.53. The minimum absolute atomic E-state index is 0.0642.